The summed E-state index contributed by atoms with van der Waals surface area (Å²) in [5.74, 6) is -0.00972. The first kappa shape index (κ1) is 10.6. The molecular formula is C11H13NO4. The van der Waals surface area contributed by atoms with Crippen LogP contribution >= 0.6 is 0 Å². The van der Waals surface area contributed by atoms with Gasteiger partial charge in [0.2, 0.25) is 0 Å². The lowest BCUT2D eigenvalue weighted by atomic mass is 10.0. The van der Waals surface area contributed by atoms with E-state index < -0.39 is 5.97 Å². The summed E-state index contributed by atoms with van der Waals surface area (Å²) in [6.07, 6.45) is 0.767. The number of ether oxygens (including phenoxy) is 2. The zero-order chi connectivity index (χ0) is 11.7. The Labute approximate surface area is 93.0 Å². The Hall–Kier alpha value is -1.91. The number of carboxylic acid groups (broad SMARTS) is 1. The first-order chi connectivity index (χ1) is 7.69. The van der Waals surface area contributed by atoms with Crippen molar-refractivity contribution in [2.45, 2.75) is 6.42 Å². The molecule has 0 unspecified atom stereocenters. The number of carbonyl (C=O) groups is 1. The first-order valence-corrected chi connectivity index (χ1v) is 4.94. The van der Waals surface area contributed by atoms with E-state index in [0.29, 0.717) is 17.2 Å². The fourth-order valence-corrected chi connectivity index (χ4v) is 1.99. The van der Waals surface area contributed by atoms with Crippen molar-refractivity contribution in [3.05, 3.63) is 17.2 Å². The van der Waals surface area contributed by atoms with Gasteiger partial charge in [0.05, 0.1) is 19.9 Å². The maximum absolute atomic E-state index is 11.2. The Kier molecular flexibility index (Phi) is 2.60. The number of aromatic carboxylic acids is 1. The van der Waals surface area contributed by atoms with E-state index in [2.05, 4.69) is 5.32 Å². The third-order valence-corrected chi connectivity index (χ3v) is 2.69. The second kappa shape index (κ2) is 3.92. The SMILES string of the molecule is COc1cc(OC)c(C(=O)O)c2c1CCN2. The summed E-state index contributed by atoms with van der Waals surface area (Å²) in [7, 11) is 3.01. The summed E-state index contributed by atoms with van der Waals surface area (Å²) in [5, 5.41) is 12.2. The molecule has 2 N–H and O–H groups in total. The average Bonchev–Trinajstić information content (AvgIpc) is 2.74. The van der Waals surface area contributed by atoms with Crippen LogP contribution in [0.25, 0.3) is 0 Å². The van der Waals surface area contributed by atoms with Gasteiger partial charge in [-0.1, -0.05) is 0 Å². The summed E-state index contributed by atoms with van der Waals surface area (Å²) in [6.45, 7) is 0.721. The predicted molar refractivity (Wildman–Crippen MR) is 58.7 cm³/mol. The van der Waals surface area contributed by atoms with Crippen LogP contribution in [0.4, 0.5) is 5.69 Å². The first-order valence-electron chi connectivity index (χ1n) is 4.94. The molecule has 1 aliphatic rings. The van der Waals surface area contributed by atoms with Crippen LogP contribution in [0.5, 0.6) is 11.5 Å². The lowest BCUT2D eigenvalue weighted by Crippen LogP contribution is -2.06. The highest BCUT2D eigenvalue weighted by Gasteiger charge is 2.26. The molecule has 5 nitrogen and oxygen atoms in total. The normalized spacial score (nSPS) is 12.9. The number of nitrogens with one attached hydrogen (secondary N) is 1. The molecule has 0 fully saturated rings. The smallest absolute Gasteiger partial charge is 0.341 e. The summed E-state index contributed by atoms with van der Waals surface area (Å²) in [5.41, 5.74) is 1.69. The fourth-order valence-electron chi connectivity index (χ4n) is 1.99. The Morgan fingerprint density at radius 3 is 2.62 bits per heavy atom. The molecule has 0 saturated carbocycles. The molecule has 0 aliphatic carbocycles. The number of benzene rings is 1. The third-order valence-electron chi connectivity index (χ3n) is 2.69. The zero-order valence-corrected chi connectivity index (χ0v) is 9.16. The van der Waals surface area contributed by atoms with Gasteiger partial charge >= 0.3 is 5.97 Å². The largest absolute Gasteiger partial charge is 0.496 e. The molecule has 1 aliphatic heterocycles. The average molecular weight is 223 g/mol. The second-order valence-corrected chi connectivity index (χ2v) is 3.49. The van der Waals surface area contributed by atoms with E-state index in [1.807, 2.05) is 0 Å². The molecule has 0 spiro atoms. The third kappa shape index (κ3) is 1.44. The van der Waals surface area contributed by atoms with Crippen molar-refractivity contribution >= 4 is 11.7 Å². The standard InChI is InChI=1S/C11H13NO4/c1-15-7-5-8(16-2)9(11(13)14)10-6(7)3-4-12-10/h5,12H,3-4H2,1-2H3,(H,13,14). The molecule has 1 aromatic rings. The lowest BCUT2D eigenvalue weighted by molar-refractivity contribution is 0.0694. The number of rotatable bonds is 3. The van der Waals surface area contributed by atoms with E-state index in [4.69, 9.17) is 14.6 Å². The molecule has 5 heteroatoms. The summed E-state index contributed by atoms with van der Waals surface area (Å²) in [6, 6.07) is 1.62. The second-order valence-electron chi connectivity index (χ2n) is 3.49. The van der Waals surface area contributed by atoms with Crippen LogP contribution < -0.4 is 14.8 Å². The van der Waals surface area contributed by atoms with Gasteiger partial charge in [-0.2, -0.15) is 0 Å². The Morgan fingerprint density at radius 2 is 2.06 bits per heavy atom. The number of hydrogen-bond donors (Lipinski definition) is 2. The topological polar surface area (TPSA) is 67.8 Å². The van der Waals surface area contributed by atoms with E-state index in [1.54, 1.807) is 13.2 Å². The van der Waals surface area contributed by atoms with Crippen molar-refractivity contribution in [2.75, 3.05) is 26.1 Å². The van der Waals surface area contributed by atoms with E-state index >= 15 is 0 Å². The highest BCUT2D eigenvalue weighted by Crippen LogP contribution is 2.40. The van der Waals surface area contributed by atoms with Gasteiger partial charge in [-0.15, -0.1) is 0 Å². The van der Waals surface area contributed by atoms with Crippen molar-refractivity contribution in [3.8, 4) is 11.5 Å². The molecule has 0 aromatic heterocycles. The van der Waals surface area contributed by atoms with Gasteiger partial charge < -0.3 is 19.9 Å². The summed E-state index contributed by atoms with van der Waals surface area (Å²) in [4.78, 5) is 11.2. The predicted octanol–water partition coefficient (Wildman–Crippen LogP) is 1.37. The number of hydrogen-bond acceptors (Lipinski definition) is 4. The molecule has 0 saturated heterocycles. The van der Waals surface area contributed by atoms with Crippen LogP contribution in [-0.4, -0.2) is 31.8 Å². The molecule has 1 aromatic carbocycles. The summed E-state index contributed by atoms with van der Waals surface area (Å²) >= 11 is 0. The Balaban J connectivity index is 2.69. The minimum absolute atomic E-state index is 0.177. The molecule has 86 valence electrons. The number of fused-ring (bicyclic) bond motifs is 1. The quantitative estimate of drug-likeness (QED) is 0.810. The Bertz CT molecular complexity index is 442. The maximum atomic E-state index is 11.2. The van der Waals surface area contributed by atoms with Gasteiger partial charge in [-0.05, 0) is 6.42 Å². The molecule has 0 bridgehead atoms. The van der Waals surface area contributed by atoms with E-state index in [1.165, 1.54) is 7.11 Å². The highest BCUT2D eigenvalue weighted by atomic mass is 16.5. The number of methoxy groups -OCH3 is 2. The molecule has 0 atom stereocenters. The minimum atomic E-state index is -0.995. The minimum Gasteiger partial charge on any atom is -0.496 e. The fraction of sp³-hybridized carbons (Fsp3) is 0.364. The molecule has 0 radical (unpaired) electrons. The lowest BCUT2D eigenvalue weighted by Gasteiger charge is -2.13. The van der Waals surface area contributed by atoms with Gasteiger partial charge in [0, 0.05) is 18.2 Å². The monoisotopic (exact) mass is 223 g/mol. The van der Waals surface area contributed by atoms with Crippen LogP contribution in [0.15, 0.2) is 6.07 Å². The zero-order valence-electron chi connectivity index (χ0n) is 9.16. The van der Waals surface area contributed by atoms with Crippen LogP contribution in [0.2, 0.25) is 0 Å². The van der Waals surface area contributed by atoms with Gasteiger partial charge in [-0.3, -0.25) is 0 Å². The maximum Gasteiger partial charge on any atom is 0.341 e. The van der Waals surface area contributed by atoms with Gasteiger partial charge in [0.1, 0.15) is 17.1 Å². The van der Waals surface area contributed by atoms with E-state index in [9.17, 15) is 4.79 Å². The van der Waals surface area contributed by atoms with Gasteiger partial charge in [0.15, 0.2) is 0 Å². The molecule has 0 amide bonds. The molecular weight excluding hydrogens is 210 g/mol. The Morgan fingerprint density at radius 1 is 1.38 bits per heavy atom. The van der Waals surface area contributed by atoms with Gasteiger partial charge in [-0.25, -0.2) is 4.79 Å². The van der Waals surface area contributed by atoms with E-state index in [-0.39, 0.29) is 5.56 Å². The molecule has 1 heterocycles. The van der Waals surface area contributed by atoms with Crippen molar-refractivity contribution in [1.29, 1.82) is 0 Å². The van der Waals surface area contributed by atoms with Crippen LogP contribution in [-0.2, 0) is 6.42 Å². The van der Waals surface area contributed by atoms with Crippen molar-refractivity contribution in [2.24, 2.45) is 0 Å². The van der Waals surface area contributed by atoms with Crippen LogP contribution in [0.3, 0.4) is 0 Å². The van der Waals surface area contributed by atoms with E-state index in [0.717, 1.165) is 18.5 Å². The number of anilines is 1. The van der Waals surface area contributed by atoms with Gasteiger partial charge in [0.25, 0.3) is 0 Å². The summed E-state index contributed by atoms with van der Waals surface area (Å²) < 4.78 is 10.3. The highest BCUT2D eigenvalue weighted by molar-refractivity contribution is 5.99. The van der Waals surface area contributed by atoms with Crippen LogP contribution in [0, 0.1) is 0 Å². The van der Waals surface area contributed by atoms with Crippen LogP contribution in [0.1, 0.15) is 15.9 Å². The van der Waals surface area contributed by atoms with Crippen molar-refractivity contribution in [1.82, 2.24) is 0 Å². The molecule has 16 heavy (non-hydrogen) atoms. The number of carboxylic acids is 1. The molecule has 2 rings (SSSR count). The van der Waals surface area contributed by atoms with Crippen molar-refractivity contribution in [3.63, 3.8) is 0 Å². The van der Waals surface area contributed by atoms with Crippen molar-refractivity contribution < 1.29 is 19.4 Å².